The Bertz CT molecular complexity index is 304. The molecule has 1 spiro atoms. The number of aliphatic hydroxyl groups excluding tert-OH is 1. The molecule has 1 saturated carbocycles. The van der Waals surface area contributed by atoms with Crippen LogP contribution >= 0.6 is 0 Å². The standard InChI is InChI=1S/C11H16O3/c1-7-5-9(12)8-6-10(8,2)11(7)13-3-4-14-11/h5,8-9,12H,3-4,6H2,1-2H3. The molecule has 3 nitrogen and oxygen atoms in total. The van der Waals surface area contributed by atoms with Gasteiger partial charge in [0.25, 0.3) is 0 Å². The number of rotatable bonds is 0. The smallest absolute Gasteiger partial charge is 0.196 e. The van der Waals surface area contributed by atoms with Gasteiger partial charge in [0, 0.05) is 11.3 Å². The number of aliphatic hydroxyl groups is 1. The van der Waals surface area contributed by atoms with Crippen LogP contribution in [0.1, 0.15) is 20.3 Å². The minimum absolute atomic E-state index is 0.00174. The zero-order chi connectivity index (χ0) is 9.97. The molecule has 0 radical (unpaired) electrons. The summed E-state index contributed by atoms with van der Waals surface area (Å²) in [6.45, 7) is 5.49. The fourth-order valence-electron chi connectivity index (χ4n) is 3.18. The van der Waals surface area contributed by atoms with Crippen molar-refractivity contribution in [2.24, 2.45) is 11.3 Å². The van der Waals surface area contributed by atoms with Crippen molar-refractivity contribution in [3.05, 3.63) is 11.6 Å². The van der Waals surface area contributed by atoms with E-state index in [0.29, 0.717) is 19.1 Å². The summed E-state index contributed by atoms with van der Waals surface area (Å²) in [5.74, 6) is -0.194. The van der Waals surface area contributed by atoms with E-state index in [2.05, 4.69) is 6.92 Å². The average molecular weight is 196 g/mol. The summed E-state index contributed by atoms with van der Waals surface area (Å²) in [7, 11) is 0. The molecule has 14 heavy (non-hydrogen) atoms. The van der Waals surface area contributed by atoms with Crippen molar-refractivity contribution in [2.45, 2.75) is 32.2 Å². The highest BCUT2D eigenvalue weighted by Crippen LogP contribution is 2.67. The van der Waals surface area contributed by atoms with Gasteiger partial charge in [-0.05, 0) is 18.9 Å². The molecule has 1 saturated heterocycles. The lowest BCUT2D eigenvalue weighted by atomic mass is 9.82. The van der Waals surface area contributed by atoms with Crippen LogP contribution in [-0.2, 0) is 9.47 Å². The second-order valence-corrected chi connectivity index (χ2v) is 4.88. The van der Waals surface area contributed by atoms with Crippen LogP contribution in [0.25, 0.3) is 0 Å². The van der Waals surface area contributed by atoms with Crippen molar-refractivity contribution in [1.82, 2.24) is 0 Å². The first kappa shape index (κ1) is 8.89. The monoisotopic (exact) mass is 196 g/mol. The highest BCUT2D eigenvalue weighted by atomic mass is 16.7. The molecule has 78 valence electrons. The van der Waals surface area contributed by atoms with Gasteiger partial charge in [-0.2, -0.15) is 0 Å². The van der Waals surface area contributed by atoms with E-state index >= 15 is 0 Å². The fraction of sp³-hybridized carbons (Fsp3) is 0.818. The molecule has 0 bridgehead atoms. The quantitative estimate of drug-likeness (QED) is 0.589. The Morgan fingerprint density at radius 2 is 2.07 bits per heavy atom. The third-order valence-corrected chi connectivity index (χ3v) is 4.10. The van der Waals surface area contributed by atoms with Gasteiger partial charge in [0.2, 0.25) is 0 Å². The molecule has 1 heterocycles. The molecule has 2 aliphatic carbocycles. The van der Waals surface area contributed by atoms with Crippen molar-refractivity contribution < 1.29 is 14.6 Å². The zero-order valence-electron chi connectivity index (χ0n) is 8.62. The van der Waals surface area contributed by atoms with Crippen LogP contribution in [0, 0.1) is 11.3 Å². The van der Waals surface area contributed by atoms with E-state index in [0.717, 1.165) is 12.0 Å². The molecular formula is C11H16O3. The van der Waals surface area contributed by atoms with Gasteiger partial charge in [-0.1, -0.05) is 13.0 Å². The molecule has 2 fully saturated rings. The van der Waals surface area contributed by atoms with Crippen molar-refractivity contribution in [3.8, 4) is 0 Å². The zero-order valence-corrected chi connectivity index (χ0v) is 8.62. The molecule has 3 aliphatic rings. The van der Waals surface area contributed by atoms with Gasteiger partial charge in [-0.3, -0.25) is 0 Å². The highest BCUT2D eigenvalue weighted by molar-refractivity contribution is 5.32. The van der Waals surface area contributed by atoms with Crippen molar-refractivity contribution in [3.63, 3.8) is 0 Å². The normalized spacial score (nSPS) is 48.9. The minimum atomic E-state index is -0.517. The minimum Gasteiger partial charge on any atom is -0.389 e. The van der Waals surface area contributed by atoms with Gasteiger partial charge in [-0.25, -0.2) is 0 Å². The Labute approximate surface area is 83.7 Å². The second kappa shape index (κ2) is 2.40. The molecule has 1 N–H and O–H groups in total. The van der Waals surface area contributed by atoms with Gasteiger partial charge < -0.3 is 14.6 Å². The molecule has 0 aromatic heterocycles. The summed E-state index contributed by atoms with van der Waals surface area (Å²) in [6, 6.07) is 0. The number of fused-ring (bicyclic) bond motifs is 2. The van der Waals surface area contributed by atoms with E-state index in [1.165, 1.54) is 0 Å². The van der Waals surface area contributed by atoms with E-state index in [-0.39, 0.29) is 11.5 Å². The number of ether oxygens (including phenoxy) is 2. The van der Waals surface area contributed by atoms with Crippen LogP contribution in [0.5, 0.6) is 0 Å². The Kier molecular flexibility index (Phi) is 1.53. The maximum Gasteiger partial charge on any atom is 0.196 e. The summed E-state index contributed by atoms with van der Waals surface area (Å²) in [6.07, 6.45) is 2.59. The predicted octanol–water partition coefficient (Wildman–Crippen LogP) is 1.08. The third-order valence-electron chi connectivity index (χ3n) is 4.10. The molecular weight excluding hydrogens is 180 g/mol. The van der Waals surface area contributed by atoms with Gasteiger partial charge in [-0.15, -0.1) is 0 Å². The van der Waals surface area contributed by atoms with Crippen LogP contribution in [0.2, 0.25) is 0 Å². The molecule has 3 heteroatoms. The van der Waals surface area contributed by atoms with Crippen molar-refractivity contribution in [2.75, 3.05) is 13.2 Å². The van der Waals surface area contributed by atoms with Crippen LogP contribution < -0.4 is 0 Å². The summed E-state index contributed by atoms with van der Waals surface area (Å²) in [5, 5.41) is 9.81. The Hall–Kier alpha value is -0.380. The highest BCUT2D eigenvalue weighted by Gasteiger charge is 2.71. The topological polar surface area (TPSA) is 38.7 Å². The molecule has 3 rings (SSSR count). The van der Waals surface area contributed by atoms with E-state index in [1.807, 2.05) is 13.0 Å². The van der Waals surface area contributed by atoms with E-state index in [1.54, 1.807) is 0 Å². The van der Waals surface area contributed by atoms with Crippen molar-refractivity contribution in [1.29, 1.82) is 0 Å². The lowest BCUT2D eigenvalue weighted by molar-refractivity contribution is -0.183. The van der Waals surface area contributed by atoms with Gasteiger partial charge in [0.05, 0.1) is 19.3 Å². The second-order valence-electron chi connectivity index (χ2n) is 4.88. The number of hydrogen-bond acceptors (Lipinski definition) is 3. The van der Waals surface area contributed by atoms with Crippen molar-refractivity contribution >= 4 is 0 Å². The third kappa shape index (κ3) is 0.794. The maximum atomic E-state index is 9.81. The number of hydrogen-bond donors (Lipinski definition) is 1. The molecule has 0 aromatic carbocycles. The summed E-state index contributed by atoms with van der Waals surface area (Å²) in [4.78, 5) is 0. The van der Waals surface area contributed by atoms with Gasteiger partial charge in [0.1, 0.15) is 0 Å². The lowest BCUT2D eigenvalue weighted by Gasteiger charge is -2.39. The SMILES string of the molecule is CC1=CC(O)C2CC2(C)C12OCCO2. The van der Waals surface area contributed by atoms with Gasteiger partial charge >= 0.3 is 0 Å². The summed E-state index contributed by atoms with van der Waals surface area (Å²) < 4.78 is 11.6. The Morgan fingerprint density at radius 3 is 2.71 bits per heavy atom. The Balaban J connectivity index is 2.07. The van der Waals surface area contributed by atoms with E-state index in [4.69, 9.17) is 9.47 Å². The summed E-state index contributed by atoms with van der Waals surface area (Å²) >= 11 is 0. The van der Waals surface area contributed by atoms with Crippen LogP contribution in [0.3, 0.4) is 0 Å². The largest absolute Gasteiger partial charge is 0.389 e. The predicted molar refractivity (Wildman–Crippen MR) is 50.6 cm³/mol. The van der Waals surface area contributed by atoms with Crippen LogP contribution in [0.4, 0.5) is 0 Å². The average Bonchev–Trinajstić information content (AvgIpc) is 2.66. The van der Waals surface area contributed by atoms with Gasteiger partial charge in [0.15, 0.2) is 5.79 Å². The van der Waals surface area contributed by atoms with E-state index in [9.17, 15) is 5.11 Å². The maximum absolute atomic E-state index is 9.81. The first-order valence-electron chi connectivity index (χ1n) is 5.25. The molecule has 3 unspecified atom stereocenters. The lowest BCUT2D eigenvalue weighted by Crippen LogP contribution is -2.45. The summed E-state index contributed by atoms with van der Waals surface area (Å²) in [5.41, 5.74) is 1.04. The molecule has 0 aromatic rings. The molecule has 0 amide bonds. The molecule has 1 aliphatic heterocycles. The van der Waals surface area contributed by atoms with Crippen LogP contribution in [-0.4, -0.2) is 30.2 Å². The fourth-order valence-corrected chi connectivity index (χ4v) is 3.18. The first-order valence-corrected chi connectivity index (χ1v) is 5.25. The first-order chi connectivity index (χ1) is 6.60. The Morgan fingerprint density at radius 1 is 1.43 bits per heavy atom. The van der Waals surface area contributed by atoms with Crippen LogP contribution in [0.15, 0.2) is 11.6 Å². The molecule has 3 atom stereocenters. The van der Waals surface area contributed by atoms with E-state index < -0.39 is 5.79 Å².